The molecule has 532 valence electrons. The summed E-state index contributed by atoms with van der Waals surface area (Å²) < 4.78 is 0. The van der Waals surface area contributed by atoms with Crippen molar-refractivity contribution in [3.05, 3.63) is 349 Å². The van der Waals surface area contributed by atoms with Crippen molar-refractivity contribution < 1.29 is 0 Å². The van der Waals surface area contributed by atoms with Crippen molar-refractivity contribution in [1.29, 1.82) is 0 Å². The third-order valence-electron chi connectivity index (χ3n) is 22.6. The van der Waals surface area contributed by atoms with Crippen molar-refractivity contribution in [3.8, 4) is 66.8 Å². The predicted octanol–water partition coefficient (Wildman–Crippen LogP) is 31.1. The second-order valence-electron chi connectivity index (χ2n) is 34.3. The largest absolute Gasteiger partial charge is 0.309 e. The van der Waals surface area contributed by atoms with E-state index in [1.165, 1.54) is 154 Å². The Kier molecular flexibility index (Phi) is 18.3. The Hall–Kier alpha value is -11.6. The van der Waals surface area contributed by atoms with Crippen LogP contribution in [0.15, 0.2) is 315 Å². The molecule has 0 atom stereocenters. The first kappa shape index (κ1) is 70.7. The average Bonchev–Trinajstić information content (AvgIpc) is 0.718. The van der Waals surface area contributed by atoms with Crippen molar-refractivity contribution in [2.45, 2.75) is 121 Å². The van der Waals surface area contributed by atoms with Gasteiger partial charge in [0.2, 0.25) is 0 Å². The summed E-state index contributed by atoms with van der Waals surface area (Å²) in [5, 5.41) is 11.9. The summed E-state index contributed by atoms with van der Waals surface area (Å²) >= 11 is 0. The topological polar surface area (TPSA) is 6.48 Å². The smallest absolute Gasteiger partial charge is 0.0547 e. The number of fused-ring (bicyclic) bond motifs is 7. The van der Waals surface area contributed by atoms with E-state index in [-0.39, 0.29) is 21.7 Å². The van der Waals surface area contributed by atoms with E-state index >= 15 is 0 Å². The number of benzene rings is 16. The number of hydrogen-bond acceptors (Lipinski definition) is 2. The van der Waals surface area contributed by atoms with Gasteiger partial charge in [-0.05, 0) is 220 Å². The van der Waals surface area contributed by atoms with Crippen molar-refractivity contribution in [1.82, 2.24) is 0 Å². The minimum absolute atomic E-state index is 0.104. The van der Waals surface area contributed by atoms with E-state index in [2.05, 4.69) is 422 Å². The molecule has 16 aromatic carbocycles. The van der Waals surface area contributed by atoms with Crippen molar-refractivity contribution in [3.63, 3.8) is 0 Å². The number of aryl methyl sites for hydroxylation is 4. The van der Waals surface area contributed by atoms with Crippen LogP contribution in [-0.4, -0.2) is 0 Å². The van der Waals surface area contributed by atoms with Crippen molar-refractivity contribution in [2.75, 3.05) is 9.80 Å². The van der Waals surface area contributed by atoms with Gasteiger partial charge in [-0.25, -0.2) is 0 Å². The molecule has 0 aliphatic heterocycles. The number of nitrogens with zero attached hydrogens (tertiary/aromatic N) is 2. The number of anilines is 6. The summed E-state index contributed by atoms with van der Waals surface area (Å²) in [4.78, 5) is 5.10. The summed E-state index contributed by atoms with van der Waals surface area (Å²) in [5.74, 6) is 0. The Labute approximate surface area is 640 Å². The highest BCUT2D eigenvalue weighted by atomic mass is 15.2. The van der Waals surface area contributed by atoms with Gasteiger partial charge < -0.3 is 9.80 Å². The third-order valence-corrected chi connectivity index (χ3v) is 22.6. The summed E-state index contributed by atoms with van der Waals surface area (Å²) in [6.45, 7) is 32.4. The van der Waals surface area contributed by atoms with E-state index in [1.807, 2.05) is 0 Å². The predicted molar refractivity (Wildman–Crippen MR) is 469 cm³/mol. The quantitative estimate of drug-likeness (QED) is 0.0890. The van der Waals surface area contributed by atoms with Gasteiger partial charge in [0, 0.05) is 32.9 Å². The van der Waals surface area contributed by atoms with Gasteiger partial charge in [-0.2, -0.15) is 0 Å². The first-order valence-electron chi connectivity index (χ1n) is 38.7. The van der Waals surface area contributed by atoms with Crippen LogP contribution in [0.4, 0.5) is 34.1 Å². The summed E-state index contributed by atoms with van der Waals surface area (Å²) in [6, 6.07) is 119. The Morgan fingerprint density at radius 3 is 0.722 bits per heavy atom. The van der Waals surface area contributed by atoms with E-state index in [0.29, 0.717) is 0 Å². The fourth-order valence-electron chi connectivity index (χ4n) is 18.1. The molecular formula is C106H98N2. The molecular weight excluding hydrogens is 1300 g/mol. The molecule has 0 aliphatic rings. The normalized spacial score (nSPS) is 12.2. The zero-order valence-corrected chi connectivity index (χ0v) is 65.3. The van der Waals surface area contributed by atoms with Crippen LogP contribution in [0.25, 0.3) is 121 Å². The molecule has 0 spiro atoms. The Balaban J connectivity index is 0.763. The van der Waals surface area contributed by atoms with Gasteiger partial charge in [0.15, 0.2) is 0 Å². The second kappa shape index (κ2) is 28.0. The molecule has 16 aromatic rings. The lowest BCUT2D eigenvalue weighted by Crippen LogP contribution is -2.24. The molecule has 0 saturated heterocycles. The average molecular weight is 1400 g/mol. The maximum atomic E-state index is 2.55. The SMILES string of the molecule is Cc1ccc(N(c2ccc(-c3ccc(-c4ccc(-c5ccc(C(C)(C)CC(C)(C)C)cc5)cc4)cc3)c3ccccc23)c2cc3c4ccccc4c(N(c4ccc(C)cc4C)c4ccc(-c5ccc(-c6ccc(-c7ccc(C(C)(C)CC(C)(C)C)cc7)cc6)cc5)c5ccccc45)cc3c3ccccc23)c(C)c1. The second-order valence-corrected chi connectivity index (χ2v) is 34.3. The van der Waals surface area contributed by atoms with Crippen LogP contribution in [0.5, 0.6) is 0 Å². The standard InChI is InChI=1S/C106H98N2/c1-69-31-59-97(71(3)63-69)107(99-61-57-85(87-23-15-19-27-91(87)99)81-45-41-77(42-46-81)73-33-37-75(38-34-73)79-49-53-83(54-50-79)105(11,12)67-103(5,6)7)101-65-95-90-26-18-22-30-94(90)102(66-96(95)89-25-17-21-29-93(89)101)108(98-60-32-70(2)64-72(98)4)100-62-58-86(88-24-16-20-28-92(88)100)82-47-43-78(44-48-82)74-35-39-76(40-36-74)80-51-55-84(56-52-80)106(13,14)68-104(8,9)10/h15-66H,67-68H2,1-14H3. The van der Waals surface area contributed by atoms with Gasteiger partial charge in [-0.15, -0.1) is 0 Å². The van der Waals surface area contributed by atoms with Gasteiger partial charge in [-0.1, -0.05) is 359 Å². The van der Waals surface area contributed by atoms with Gasteiger partial charge >= 0.3 is 0 Å². The van der Waals surface area contributed by atoms with Gasteiger partial charge in [0.1, 0.15) is 0 Å². The van der Waals surface area contributed by atoms with E-state index in [0.717, 1.165) is 47.0 Å². The van der Waals surface area contributed by atoms with Crippen LogP contribution in [0.3, 0.4) is 0 Å². The molecule has 0 aliphatic carbocycles. The van der Waals surface area contributed by atoms with Gasteiger partial charge in [0.05, 0.1) is 22.7 Å². The molecule has 0 bridgehead atoms. The number of hydrogen-bond donors (Lipinski definition) is 0. The third kappa shape index (κ3) is 13.8. The minimum Gasteiger partial charge on any atom is -0.309 e. The van der Waals surface area contributed by atoms with Gasteiger partial charge in [0.25, 0.3) is 0 Å². The molecule has 0 N–H and O–H groups in total. The van der Waals surface area contributed by atoms with Crippen LogP contribution in [0.1, 0.15) is 115 Å². The molecule has 0 unspecified atom stereocenters. The van der Waals surface area contributed by atoms with E-state index in [4.69, 9.17) is 0 Å². The molecule has 0 heterocycles. The molecule has 16 rings (SSSR count). The van der Waals surface area contributed by atoms with E-state index in [9.17, 15) is 0 Å². The fourth-order valence-corrected chi connectivity index (χ4v) is 18.1. The highest BCUT2D eigenvalue weighted by Gasteiger charge is 2.31. The monoisotopic (exact) mass is 1400 g/mol. The van der Waals surface area contributed by atoms with Crippen LogP contribution >= 0.6 is 0 Å². The molecule has 0 fully saturated rings. The molecule has 108 heavy (non-hydrogen) atoms. The minimum atomic E-state index is 0.104. The number of rotatable bonds is 16. The first-order valence-corrected chi connectivity index (χ1v) is 38.7. The van der Waals surface area contributed by atoms with Crippen LogP contribution in [0, 0.1) is 38.5 Å². The zero-order chi connectivity index (χ0) is 75.0. The lowest BCUT2D eigenvalue weighted by atomic mass is 9.72. The maximum absolute atomic E-state index is 2.55. The lowest BCUT2D eigenvalue weighted by molar-refractivity contribution is 0.283. The van der Waals surface area contributed by atoms with Crippen LogP contribution in [-0.2, 0) is 10.8 Å². The van der Waals surface area contributed by atoms with Crippen LogP contribution < -0.4 is 9.80 Å². The zero-order valence-electron chi connectivity index (χ0n) is 65.3. The summed E-state index contributed by atoms with van der Waals surface area (Å²) in [7, 11) is 0. The summed E-state index contributed by atoms with van der Waals surface area (Å²) in [6.07, 6.45) is 2.25. The van der Waals surface area contributed by atoms with E-state index < -0.39 is 0 Å². The highest BCUT2D eigenvalue weighted by molar-refractivity contribution is 6.26. The molecule has 0 radical (unpaired) electrons. The fraction of sp³-hybridized carbons (Fsp3) is 0.189. The Morgan fingerprint density at radius 2 is 0.444 bits per heavy atom. The van der Waals surface area contributed by atoms with E-state index in [1.54, 1.807) is 0 Å². The molecule has 0 amide bonds. The van der Waals surface area contributed by atoms with Crippen molar-refractivity contribution >= 4 is 88.0 Å². The lowest BCUT2D eigenvalue weighted by Gasteiger charge is -2.33. The Bertz CT molecular complexity index is 5680. The first-order chi connectivity index (χ1) is 51.9. The molecule has 2 heteroatoms. The summed E-state index contributed by atoms with van der Waals surface area (Å²) in [5.41, 5.74) is 29.6. The molecule has 0 saturated carbocycles. The maximum Gasteiger partial charge on any atom is 0.0547 e. The molecule has 0 aromatic heterocycles. The highest BCUT2D eigenvalue weighted by Crippen LogP contribution is 2.52. The Morgan fingerprint density at radius 1 is 0.204 bits per heavy atom. The van der Waals surface area contributed by atoms with Crippen LogP contribution in [0.2, 0.25) is 0 Å². The van der Waals surface area contributed by atoms with Gasteiger partial charge in [-0.3, -0.25) is 0 Å². The van der Waals surface area contributed by atoms with Crippen molar-refractivity contribution in [2.24, 2.45) is 10.8 Å². The molecule has 2 nitrogen and oxygen atoms in total.